The fraction of sp³-hybridized carbons (Fsp3) is 0.500. The van der Waals surface area contributed by atoms with Crippen molar-refractivity contribution in [2.75, 3.05) is 0 Å². The predicted octanol–water partition coefficient (Wildman–Crippen LogP) is 2.93. The molecule has 0 heterocycles. The molecule has 0 saturated carbocycles. The first-order valence-corrected chi connectivity index (χ1v) is 6.93. The van der Waals surface area contributed by atoms with E-state index in [1.807, 2.05) is 25.2 Å². The Balaban J connectivity index is 3.54. The van der Waals surface area contributed by atoms with Crippen molar-refractivity contribution >= 4 is 8.32 Å². The van der Waals surface area contributed by atoms with Crippen LogP contribution in [0.15, 0.2) is 24.5 Å². The molecule has 0 N–H and O–H groups in total. The lowest BCUT2D eigenvalue weighted by Gasteiger charge is -2.13. The van der Waals surface area contributed by atoms with Crippen LogP contribution in [0.3, 0.4) is 0 Å². The van der Waals surface area contributed by atoms with Gasteiger partial charge < -0.3 is 4.43 Å². The molecule has 0 aliphatic rings. The summed E-state index contributed by atoms with van der Waals surface area (Å²) < 4.78 is 5.44. The monoisotopic (exact) mass is 156 g/mol. The van der Waals surface area contributed by atoms with E-state index in [4.69, 9.17) is 4.43 Å². The molecule has 0 aliphatic heterocycles. The second-order valence-corrected chi connectivity index (χ2v) is 7.54. The Hall–Kier alpha value is -0.503. The highest BCUT2D eigenvalue weighted by atomic mass is 28.4. The van der Waals surface area contributed by atoms with Gasteiger partial charge in [0, 0.05) is 0 Å². The van der Waals surface area contributed by atoms with Crippen molar-refractivity contribution in [2.45, 2.75) is 26.6 Å². The Bertz CT molecular complexity index is 131. The second kappa shape index (κ2) is 4.33. The van der Waals surface area contributed by atoms with Gasteiger partial charge >= 0.3 is 0 Å². The minimum absolute atomic E-state index is 1.33. The lowest BCUT2D eigenvalue weighted by molar-refractivity contribution is 0.479. The molecule has 2 heteroatoms. The fourth-order valence-corrected chi connectivity index (χ4v) is 0.887. The summed E-state index contributed by atoms with van der Waals surface area (Å²) in [6.45, 7) is 8.46. The SMILES string of the molecule is C/C=C/C=C/O[Si](C)(C)C. The summed E-state index contributed by atoms with van der Waals surface area (Å²) >= 11 is 0. The average molecular weight is 156 g/mol. The van der Waals surface area contributed by atoms with Crippen LogP contribution in [0.2, 0.25) is 19.6 Å². The van der Waals surface area contributed by atoms with Crippen LogP contribution in [-0.2, 0) is 4.43 Å². The molecule has 0 aromatic carbocycles. The minimum atomic E-state index is -1.33. The normalized spacial score (nSPS) is 13.2. The molecule has 0 aliphatic carbocycles. The van der Waals surface area contributed by atoms with Gasteiger partial charge in [-0.3, -0.25) is 0 Å². The van der Waals surface area contributed by atoms with Crippen LogP contribution < -0.4 is 0 Å². The summed E-state index contributed by atoms with van der Waals surface area (Å²) in [4.78, 5) is 0. The number of hydrogen-bond acceptors (Lipinski definition) is 1. The second-order valence-electron chi connectivity index (χ2n) is 3.08. The maximum atomic E-state index is 5.44. The van der Waals surface area contributed by atoms with Crippen LogP contribution >= 0.6 is 0 Å². The zero-order valence-electron chi connectivity index (χ0n) is 7.22. The number of rotatable bonds is 3. The summed E-state index contributed by atoms with van der Waals surface area (Å²) in [6.07, 6.45) is 7.62. The Labute approximate surface area is 64.5 Å². The van der Waals surface area contributed by atoms with Crippen molar-refractivity contribution in [2.24, 2.45) is 0 Å². The topological polar surface area (TPSA) is 9.23 Å². The zero-order chi connectivity index (χ0) is 8.04. The molecule has 0 fully saturated rings. The van der Waals surface area contributed by atoms with Gasteiger partial charge in [-0.25, -0.2) is 0 Å². The standard InChI is InChI=1S/C8H16OSi/c1-5-6-7-8-9-10(2,3)4/h5-8H,1-4H3/b6-5+,8-7+. The van der Waals surface area contributed by atoms with Crippen LogP contribution in [-0.4, -0.2) is 8.32 Å². The molecule has 0 bridgehead atoms. The van der Waals surface area contributed by atoms with Crippen molar-refractivity contribution in [3.8, 4) is 0 Å². The molecule has 0 radical (unpaired) electrons. The molecule has 0 rings (SSSR count). The summed E-state index contributed by atoms with van der Waals surface area (Å²) in [5.74, 6) is 0. The first kappa shape index (κ1) is 9.50. The van der Waals surface area contributed by atoms with E-state index >= 15 is 0 Å². The quantitative estimate of drug-likeness (QED) is 0.347. The van der Waals surface area contributed by atoms with Crippen LogP contribution in [0.25, 0.3) is 0 Å². The summed E-state index contributed by atoms with van der Waals surface area (Å²) in [5, 5.41) is 0. The van der Waals surface area contributed by atoms with Crippen LogP contribution in [0.1, 0.15) is 6.92 Å². The smallest absolute Gasteiger partial charge is 0.241 e. The van der Waals surface area contributed by atoms with E-state index in [0.29, 0.717) is 0 Å². The van der Waals surface area contributed by atoms with Gasteiger partial charge in [-0.1, -0.05) is 12.2 Å². The van der Waals surface area contributed by atoms with Crippen molar-refractivity contribution in [3.05, 3.63) is 24.5 Å². The molecular weight excluding hydrogens is 140 g/mol. The summed E-state index contributed by atoms with van der Waals surface area (Å²) in [6, 6.07) is 0. The van der Waals surface area contributed by atoms with Gasteiger partial charge in [0.2, 0.25) is 8.32 Å². The Morgan fingerprint density at radius 2 is 1.70 bits per heavy atom. The molecule has 0 aromatic rings. The summed E-state index contributed by atoms with van der Waals surface area (Å²) in [5.41, 5.74) is 0. The zero-order valence-corrected chi connectivity index (χ0v) is 8.22. The highest BCUT2D eigenvalue weighted by molar-refractivity contribution is 6.69. The third kappa shape index (κ3) is 7.50. The van der Waals surface area contributed by atoms with Gasteiger partial charge in [-0.2, -0.15) is 0 Å². The van der Waals surface area contributed by atoms with E-state index < -0.39 is 8.32 Å². The molecule has 10 heavy (non-hydrogen) atoms. The Morgan fingerprint density at radius 3 is 2.10 bits per heavy atom. The van der Waals surface area contributed by atoms with Gasteiger partial charge in [0.15, 0.2) is 0 Å². The number of hydrogen-bond donors (Lipinski definition) is 0. The van der Waals surface area contributed by atoms with Crippen molar-refractivity contribution in [1.29, 1.82) is 0 Å². The molecule has 58 valence electrons. The first-order valence-electron chi connectivity index (χ1n) is 3.52. The largest absolute Gasteiger partial charge is 0.550 e. The molecule has 0 aromatic heterocycles. The van der Waals surface area contributed by atoms with Crippen LogP contribution in [0, 0.1) is 0 Å². The number of allylic oxidation sites excluding steroid dienone is 3. The third-order valence-electron chi connectivity index (χ3n) is 0.804. The van der Waals surface area contributed by atoms with Crippen LogP contribution in [0.5, 0.6) is 0 Å². The molecule has 0 saturated heterocycles. The third-order valence-corrected chi connectivity index (χ3v) is 1.65. The average Bonchev–Trinajstić information content (AvgIpc) is 1.78. The van der Waals surface area contributed by atoms with E-state index in [1.165, 1.54) is 0 Å². The van der Waals surface area contributed by atoms with Crippen molar-refractivity contribution in [3.63, 3.8) is 0 Å². The van der Waals surface area contributed by atoms with Crippen molar-refractivity contribution in [1.82, 2.24) is 0 Å². The molecule has 0 unspecified atom stereocenters. The lowest BCUT2D eigenvalue weighted by atomic mass is 10.5. The van der Waals surface area contributed by atoms with Crippen molar-refractivity contribution < 1.29 is 4.43 Å². The van der Waals surface area contributed by atoms with Gasteiger partial charge in [-0.15, -0.1) is 0 Å². The maximum absolute atomic E-state index is 5.44. The predicted molar refractivity (Wildman–Crippen MR) is 48.4 cm³/mol. The minimum Gasteiger partial charge on any atom is -0.550 e. The fourth-order valence-electron chi connectivity index (χ4n) is 0.400. The highest BCUT2D eigenvalue weighted by Gasteiger charge is 2.12. The van der Waals surface area contributed by atoms with E-state index in [-0.39, 0.29) is 0 Å². The molecule has 0 spiro atoms. The molecular formula is C8H16OSi. The van der Waals surface area contributed by atoms with E-state index in [2.05, 4.69) is 19.6 Å². The Kier molecular flexibility index (Phi) is 4.12. The van der Waals surface area contributed by atoms with Crippen LogP contribution in [0.4, 0.5) is 0 Å². The van der Waals surface area contributed by atoms with Gasteiger partial charge in [0.25, 0.3) is 0 Å². The van der Waals surface area contributed by atoms with E-state index in [0.717, 1.165) is 0 Å². The van der Waals surface area contributed by atoms with E-state index in [9.17, 15) is 0 Å². The first-order chi connectivity index (χ1) is 4.56. The van der Waals surface area contributed by atoms with Gasteiger partial charge in [-0.05, 0) is 32.6 Å². The van der Waals surface area contributed by atoms with Gasteiger partial charge in [0.05, 0.1) is 6.26 Å². The maximum Gasteiger partial charge on any atom is 0.241 e. The van der Waals surface area contributed by atoms with Gasteiger partial charge in [0.1, 0.15) is 0 Å². The summed E-state index contributed by atoms with van der Waals surface area (Å²) in [7, 11) is -1.33. The molecule has 0 atom stereocenters. The highest BCUT2D eigenvalue weighted by Crippen LogP contribution is 2.02. The Morgan fingerprint density at radius 1 is 1.10 bits per heavy atom. The lowest BCUT2D eigenvalue weighted by Crippen LogP contribution is -2.21. The van der Waals surface area contributed by atoms with E-state index in [1.54, 1.807) is 6.26 Å². The molecule has 1 nitrogen and oxygen atoms in total. The molecule has 0 amide bonds.